The molecule has 2 aromatic rings. The lowest BCUT2D eigenvalue weighted by Crippen LogP contribution is -2.32. The Morgan fingerprint density at radius 3 is 2.88 bits per heavy atom. The van der Waals surface area contributed by atoms with Gasteiger partial charge in [-0.05, 0) is 19.1 Å². The number of anilines is 1. The average molecular weight is 231 g/mol. The first-order valence-corrected chi connectivity index (χ1v) is 5.17. The average Bonchev–Trinajstić information content (AvgIpc) is 2.83. The Hall–Kier alpha value is -2.21. The van der Waals surface area contributed by atoms with Crippen LogP contribution in [0.25, 0.3) is 5.82 Å². The summed E-state index contributed by atoms with van der Waals surface area (Å²) in [7, 11) is 0. The van der Waals surface area contributed by atoms with Gasteiger partial charge in [0.25, 0.3) is 0 Å². The molecule has 0 aliphatic rings. The van der Waals surface area contributed by atoms with Crippen molar-refractivity contribution in [3.8, 4) is 5.82 Å². The van der Waals surface area contributed by atoms with Gasteiger partial charge in [0.2, 0.25) is 5.91 Å². The van der Waals surface area contributed by atoms with Gasteiger partial charge in [0.05, 0.1) is 17.9 Å². The van der Waals surface area contributed by atoms with Gasteiger partial charge >= 0.3 is 0 Å². The molecule has 0 aromatic carbocycles. The van der Waals surface area contributed by atoms with Gasteiger partial charge in [0.1, 0.15) is 12.1 Å². The Morgan fingerprint density at radius 2 is 2.35 bits per heavy atom. The highest BCUT2D eigenvalue weighted by Crippen LogP contribution is 2.09. The van der Waals surface area contributed by atoms with Crippen LogP contribution in [0.2, 0.25) is 0 Å². The van der Waals surface area contributed by atoms with Crippen molar-refractivity contribution in [1.82, 2.24) is 14.5 Å². The van der Waals surface area contributed by atoms with E-state index < -0.39 is 6.04 Å². The molecule has 1 atom stereocenters. The van der Waals surface area contributed by atoms with Crippen molar-refractivity contribution in [3.05, 3.63) is 37.1 Å². The van der Waals surface area contributed by atoms with Gasteiger partial charge in [0.15, 0.2) is 0 Å². The Bertz CT molecular complexity index is 489. The summed E-state index contributed by atoms with van der Waals surface area (Å²) < 4.78 is 1.77. The molecule has 0 fully saturated rings. The van der Waals surface area contributed by atoms with E-state index in [0.717, 1.165) is 5.82 Å². The number of nitrogens with two attached hydrogens (primary N) is 1. The minimum atomic E-state index is -0.539. The minimum Gasteiger partial charge on any atom is -0.323 e. The standard InChI is InChI=1S/C11H13N5O/c1-8(12)11(17)15-9-2-3-10(14-6-9)16-5-4-13-7-16/h2-8H,12H2,1H3,(H,15,17). The molecule has 17 heavy (non-hydrogen) atoms. The van der Waals surface area contributed by atoms with E-state index in [9.17, 15) is 4.79 Å². The highest BCUT2D eigenvalue weighted by molar-refractivity contribution is 5.94. The predicted octanol–water partition coefficient (Wildman–Crippen LogP) is 0.553. The fourth-order valence-corrected chi connectivity index (χ4v) is 1.26. The van der Waals surface area contributed by atoms with Gasteiger partial charge in [-0.2, -0.15) is 0 Å². The zero-order chi connectivity index (χ0) is 12.3. The van der Waals surface area contributed by atoms with Crippen LogP contribution in [0, 0.1) is 0 Å². The molecule has 0 aliphatic heterocycles. The zero-order valence-corrected chi connectivity index (χ0v) is 9.37. The maximum atomic E-state index is 11.3. The van der Waals surface area contributed by atoms with Gasteiger partial charge in [0, 0.05) is 12.4 Å². The fourth-order valence-electron chi connectivity index (χ4n) is 1.26. The van der Waals surface area contributed by atoms with Crippen LogP contribution >= 0.6 is 0 Å². The maximum absolute atomic E-state index is 11.3. The van der Waals surface area contributed by atoms with Gasteiger partial charge in [-0.3, -0.25) is 9.36 Å². The van der Waals surface area contributed by atoms with E-state index >= 15 is 0 Å². The Morgan fingerprint density at radius 1 is 1.53 bits per heavy atom. The molecule has 1 unspecified atom stereocenters. The number of hydrogen-bond acceptors (Lipinski definition) is 4. The van der Waals surface area contributed by atoms with Crippen LogP contribution in [-0.4, -0.2) is 26.5 Å². The zero-order valence-electron chi connectivity index (χ0n) is 9.37. The van der Waals surface area contributed by atoms with Crippen LogP contribution in [-0.2, 0) is 4.79 Å². The fraction of sp³-hybridized carbons (Fsp3) is 0.182. The highest BCUT2D eigenvalue weighted by Gasteiger charge is 2.07. The largest absolute Gasteiger partial charge is 0.323 e. The second kappa shape index (κ2) is 4.75. The monoisotopic (exact) mass is 231 g/mol. The summed E-state index contributed by atoms with van der Waals surface area (Å²) in [6, 6.07) is 3.02. The quantitative estimate of drug-likeness (QED) is 0.807. The van der Waals surface area contributed by atoms with Crippen molar-refractivity contribution in [1.29, 1.82) is 0 Å². The molecule has 1 amide bonds. The van der Waals surface area contributed by atoms with Crippen LogP contribution in [0.1, 0.15) is 6.92 Å². The summed E-state index contributed by atoms with van der Waals surface area (Å²) >= 11 is 0. The first-order chi connectivity index (χ1) is 8.16. The van der Waals surface area contributed by atoms with E-state index in [1.54, 1.807) is 48.5 Å². The number of amides is 1. The molecule has 0 spiro atoms. The summed E-state index contributed by atoms with van der Waals surface area (Å²) in [6.07, 6.45) is 6.70. The SMILES string of the molecule is CC(N)C(=O)Nc1ccc(-n2ccnc2)nc1. The van der Waals surface area contributed by atoms with Crippen molar-refractivity contribution < 1.29 is 4.79 Å². The van der Waals surface area contributed by atoms with Crippen molar-refractivity contribution in [2.45, 2.75) is 13.0 Å². The van der Waals surface area contributed by atoms with Crippen LogP contribution in [0.5, 0.6) is 0 Å². The molecular formula is C11H13N5O. The maximum Gasteiger partial charge on any atom is 0.241 e. The molecule has 0 radical (unpaired) electrons. The number of aromatic nitrogens is 3. The van der Waals surface area contributed by atoms with Gasteiger partial charge in [-0.1, -0.05) is 0 Å². The summed E-state index contributed by atoms with van der Waals surface area (Å²) in [5.41, 5.74) is 6.07. The number of rotatable bonds is 3. The molecule has 88 valence electrons. The summed E-state index contributed by atoms with van der Waals surface area (Å²) in [4.78, 5) is 19.5. The van der Waals surface area contributed by atoms with Crippen molar-refractivity contribution >= 4 is 11.6 Å². The number of imidazole rings is 1. The number of pyridine rings is 1. The normalized spacial score (nSPS) is 12.1. The number of carbonyl (C=O) groups excluding carboxylic acids is 1. The lowest BCUT2D eigenvalue weighted by Gasteiger charge is -2.08. The first kappa shape index (κ1) is 11.3. The number of nitrogens with one attached hydrogen (secondary N) is 1. The smallest absolute Gasteiger partial charge is 0.241 e. The molecular weight excluding hydrogens is 218 g/mol. The van der Waals surface area contributed by atoms with E-state index in [2.05, 4.69) is 15.3 Å². The molecule has 0 aliphatic carbocycles. The van der Waals surface area contributed by atoms with Crippen molar-refractivity contribution in [2.75, 3.05) is 5.32 Å². The Labute approximate surface area is 98.5 Å². The third-order valence-corrected chi connectivity index (χ3v) is 2.20. The van der Waals surface area contributed by atoms with E-state index in [0.29, 0.717) is 5.69 Å². The van der Waals surface area contributed by atoms with Crippen molar-refractivity contribution in [2.24, 2.45) is 5.73 Å². The first-order valence-electron chi connectivity index (χ1n) is 5.17. The predicted molar refractivity (Wildman–Crippen MR) is 63.6 cm³/mol. The summed E-state index contributed by atoms with van der Waals surface area (Å²) in [5, 5.41) is 2.66. The summed E-state index contributed by atoms with van der Waals surface area (Å²) in [5.74, 6) is 0.503. The molecule has 2 rings (SSSR count). The lowest BCUT2D eigenvalue weighted by molar-refractivity contribution is -0.117. The topological polar surface area (TPSA) is 85.8 Å². The van der Waals surface area contributed by atoms with Gasteiger partial charge in [-0.15, -0.1) is 0 Å². The van der Waals surface area contributed by atoms with Crippen LogP contribution < -0.4 is 11.1 Å². The van der Waals surface area contributed by atoms with Gasteiger partial charge in [-0.25, -0.2) is 9.97 Å². The third kappa shape index (κ3) is 2.67. The molecule has 0 saturated carbocycles. The molecule has 2 aromatic heterocycles. The van der Waals surface area contributed by atoms with Crippen LogP contribution in [0.15, 0.2) is 37.1 Å². The van der Waals surface area contributed by atoms with Crippen LogP contribution in [0.4, 0.5) is 5.69 Å². The number of hydrogen-bond donors (Lipinski definition) is 2. The second-order valence-electron chi connectivity index (χ2n) is 3.65. The van der Waals surface area contributed by atoms with E-state index in [1.807, 2.05) is 0 Å². The van der Waals surface area contributed by atoms with Crippen molar-refractivity contribution in [3.63, 3.8) is 0 Å². The molecule has 0 bridgehead atoms. The summed E-state index contributed by atoms with van der Waals surface area (Å²) in [6.45, 7) is 1.63. The second-order valence-corrected chi connectivity index (χ2v) is 3.65. The molecule has 6 heteroatoms. The minimum absolute atomic E-state index is 0.234. The van der Waals surface area contributed by atoms with Gasteiger partial charge < -0.3 is 11.1 Å². The Kier molecular flexibility index (Phi) is 3.15. The number of carbonyl (C=O) groups is 1. The molecule has 6 nitrogen and oxygen atoms in total. The lowest BCUT2D eigenvalue weighted by atomic mass is 10.3. The Balaban J connectivity index is 2.11. The van der Waals surface area contributed by atoms with E-state index in [1.165, 1.54) is 0 Å². The molecule has 2 heterocycles. The number of nitrogens with zero attached hydrogens (tertiary/aromatic N) is 3. The van der Waals surface area contributed by atoms with Crippen LogP contribution in [0.3, 0.4) is 0 Å². The molecule has 3 N–H and O–H groups in total. The highest BCUT2D eigenvalue weighted by atomic mass is 16.2. The molecule has 0 saturated heterocycles. The third-order valence-electron chi connectivity index (χ3n) is 2.20. The van der Waals surface area contributed by atoms with E-state index in [-0.39, 0.29) is 5.91 Å². The van der Waals surface area contributed by atoms with E-state index in [4.69, 9.17) is 5.73 Å².